The number of ether oxygens (including phenoxy) is 1. The van der Waals surface area contributed by atoms with Gasteiger partial charge in [-0.05, 0) is 44.3 Å². The summed E-state index contributed by atoms with van der Waals surface area (Å²) in [6.45, 7) is 1.63. The van der Waals surface area contributed by atoms with Crippen LogP contribution in [-0.4, -0.2) is 32.1 Å². The predicted molar refractivity (Wildman–Crippen MR) is 74.3 cm³/mol. The van der Waals surface area contributed by atoms with Crippen LogP contribution in [0.1, 0.15) is 12.0 Å². The molecule has 0 fully saturated rings. The van der Waals surface area contributed by atoms with E-state index < -0.39 is 0 Å². The van der Waals surface area contributed by atoms with Crippen LogP contribution >= 0.6 is 0 Å². The normalized spacial score (nSPS) is 9.53. The third kappa shape index (κ3) is 5.72. The van der Waals surface area contributed by atoms with Gasteiger partial charge in [0.25, 0.3) is 0 Å². The Balaban J connectivity index is 2.61. The Morgan fingerprint density at radius 2 is 2.05 bits per heavy atom. The molecule has 0 radical (unpaired) electrons. The van der Waals surface area contributed by atoms with Gasteiger partial charge in [-0.1, -0.05) is 12.1 Å². The molecule has 4 heteroatoms. The molecule has 0 heterocycles. The average Bonchev–Trinajstić information content (AvgIpc) is 2.41. The molecule has 0 saturated carbocycles. The largest absolute Gasteiger partial charge is 0.494 e. The first kappa shape index (κ1) is 14.8. The van der Waals surface area contributed by atoms with Crippen LogP contribution in [0.25, 0.3) is 6.08 Å². The van der Waals surface area contributed by atoms with E-state index in [1.165, 1.54) is 0 Å². The second-order valence-corrected chi connectivity index (χ2v) is 4.36. The molecule has 0 aliphatic rings. The molecule has 0 atom stereocenters. The number of rotatable bonds is 6. The number of hydrogen-bond acceptors (Lipinski definition) is 4. The van der Waals surface area contributed by atoms with E-state index in [0.29, 0.717) is 6.61 Å². The fourth-order valence-electron chi connectivity index (χ4n) is 1.52. The van der Waals surface area contributed by atoms with Gasteiger partial charge in [0, 0.05) is 6.54 Å². The van der Waals surface area contributed by atoms with E-state index in [1.807, 2.05) is 50.5 Å². The summed E-state index contributed by atoms with van der Waals surface area (Å²) in [5, 5.41) is 17.4. The van der Waals surface area contributed by atoms with Gasteiger partial charge in [0.05, 0.1) is 6.61 Å². The summed E-state index contributed by atoms with van der Waals surface area (Å²) in [6, 6.07) is 11.0. The molecule has 0 bridgehead atoms. The maximum atomic E-state index is 8.71. The minimum Gasteiger partial charge on any atom is -0.494 e. The van der Waals surface area contributed by atoms with Gasteiger partial charge in [0.1, 0.15) is 23.5 Å². The topological polar surface area (TPSA) is 60.0 Å². The summed E-state index contributed by atoms with van der Waals surface area (Å²) in [5.74, 6) is 0.753. The van der Waals surface area contributed by atoms with Crippen LogP contribution in [0, 0.1) is 22.7 Å². The van der Waals surface area contributed by atoms with E-state index in [0.717, 1.165) is 24.3 Å². The summed E-state index contributed by atoms with van der Waals surface area (Å²) in [4.78, 5) is 2.11. The van der Waals surface area contributed by atoms with Gasteiger partial charge in [-0.2, -0.15) is 10.5 Å². The maximum absolute atomic E-state index is 8.71. The molecule has 1 rings (SSSR count). The molecule has 0 aromatic heterocycles. The highest BCUT2D eigenvalue weighted by Gasteiger charge is 1.98. The molecule has 0 saturated heterocycles. The number of hydrogen-bond donors (Lipinski definition) is 0. The maximum Gasteiger partial charge on any atom is 0.130 e. The molecular formula is C15H17N3O. The zero-order chi connectivity index (χ0) is 14.1. The molecule has 98 valence electrons. The lowest BCUT2D eigenvalue weighted by molar-refractivity contribution is 0.281. The van der Waals surface area contributed by atoms with Crippen molar-refractivity contribution in [2.45, 2.75) is 6.42 Å². The minimum atomic E-state index is 0.0877. The SMILES string of the molecule is CN(C)CCCOc1cccc(C=C(C#N)C#N)c1. The quantitative estimate of drug-likeness (QED) is 0.578. The van der Waals surface area contributed by atoms with E-state index in [9.17, 15) is 0 Å². The average molecular weight is 255 g/mol. The Bertz CT molecular complexity index is 505. The van der Waals surface area contributed by atoms with Crippen molar-refractivity contribution in [3.8, 4) is 17.9 Å². The van der Waals surface area contributed by atoms with Gasteiger partial charge in [-0.15, -0.1) is 0 Å². The predicted octanol–water partition coefficient (Wildman–Crippen LogP) is 2.45. The lowest BCUT2D eigenvalue weighted by Crippen LogP contribution is -2.15. The Kier molecular flexibility index (Phi) is 6.15. The van der Waals surface area contributed by atoms with E-state index in [1.54, 1.807) is 6.08 Å². The van der Waals surface area contributed by atoms with Gasteiger partial charge in [0.2, 0.25) is 0 Å². The van der Waals surface area contributed by atoms with Crippen LogP contribution in [0.15, 0.2) is 29.8 Å². The molecule has 1 aromatic carbocycles. The molecule has 0 spiro atoms. The molecule has 1 aromatic rings. The van der Waals surface area contributed by atoms with E-state index in [4.69, 9.17) is 15.3 Å². The van der Waals surface area contributed by atoms with Gasteiger partial charge < -0.3 is 9.64 Å². The van der Waals surface area contributed by atoms with Crippen LogP contribution in [0.4, 0.5) is 0 Å². The van der Waals surface area contributed by atoms with Crippen molar-refractivity contribution >= 4 is 6.08 Å². The fourth-order valence-corrected chi connectivity index (χ4v) is 1.52. The first-order valence-corrected chi connectivity index (χ1v) is 6.05. The first-order chi connectivity index (χ1) is 9.15. The van der Waals surface area contributed by atoms with E-state index in [2.05, 4.69) is 4.90 Å². The Morgan fingerprint density at radius 1 is 1.32 bits per heavy atom. The summed E-state index contributed by atoms with van der Waals surface area (Å²) in [7, 11) is 4.05. The summed E-state index contributed by atoms with van der Waals surface area (Å²) >= 11 is 0. The third-order valence-corrected chi connectivity index (χ3v) is 2.43. The molecule has 0 aliphatic carbocycles. The van der Waals surface area contributed by atoms with Gasteiger partial charge in [-0.25, -0.2) is 0 Å². The zero-order valence-electron chi connectivity index (χ0n) is 11.3. The summed E-state index contributed by atoms with van der Waals surface area (Å²) in [6.07, 6.45) is 2.50. The van der Waals surface area contributed by atoms with Gasteiger partial charge >= 0.3 is 0 Å². The molecule has 19 heavy (non-hydrogen) atoms. The molecule has 0 amide bonds. The third-order valence-electron chi connectivity index (χ3n) is 2.43. The van der Waals surface area contributed by atoms with Crippen LogP contribution in [0.5, 0.6) is 5.75 Å². The van der Waals surface area contributed by atoms with Crippen molar-refractivity contribution in [2.75, 3.05) is 27.2 Å². The second-order valence-electron chi connectivity index (χ2n) is 4.36. The second kappa shape index (κ2) is 7.92. The number of nitriles is 2. The van der Waals surface area contributed by atoms with Crippen molar-refractivity contribution in [1.82, 2.24) is 4.90 Å². The fraction of sp³-hybridized carbons (Fsp3) is 0.333. The van der Waals surface area contributed by atoms with Crippen LogP contribution in [-0.2, 0) is 0 Å². The minimum absolute atomic E-state index is 0.0877. The van der Waals surface area contributed by atoms with Crippen LogP contribution in [0.3, 0.4) is 0 Å². The van der Waals surface area contributed by atoms with Crippen LogP contribution < -0.4 is 4.74 Å². The molecule has 0 unspecified atom stereocenters. The number of allylic oxidation sites excluding steroid dienone is 1. The summed E-state index contributed by atoms with van der Waals surface area (Å²) in [5.41, 5.74) is 0.882. The summed E-state index contributed by atoms with van der Waals surface area (Å²) < 4.78 is 5.62. The van der Waals surface area contributed by atoms with Crippen molar-refractivity contribution in [1.29, 1.82) is 10.5 Å². The lowest BCUT2D eigenvalue weighted by Gasteiger charge is -2.10. The van der Waals surface area contributed by atoms with E-state index >= 15 is 0 Å². The zero-order valence-corrected chi connectivity index (χ0v) is 11.3. The standard InChI is InChI=1S/C15H17N3O/c1-18(2)7-4-8-19-15-6-3-5-13(10-15)9-14(11-16)12-17/h3,5-6,9-10H,4,7-8H2,1-2H3. The van der Waals surface area contributed by atoms with Crippen molar-refractivity contribution < 1.29 is 4.74 Å². The smallest absolute Gasteiger partial charge is 0.130 e. The number of benzene rings is 1. The molecule has 4 nitrogen and oxygen atoms in total. The first-order valence-electron chi connectivity index (χ1n) is 6.05. The number of nitrogens with zero attached hydrogens (tertiary/aromatic N) is 3. The Hall–Kier alpha value is -2.30. The van der Waals surface area contributed by atoms with Crippen LogP contribution in [0.2, 0.25) is 0 Å². The monoisotopic (exact) mass is 255 g/mol. The van der Waals surface area contributed by atoms with Crippen molar-refractivity contribution in [3.63, 3.8) is 0 Å². The van der Waals surface area contributed by atoms with Gasteiger partial charge in [-0.3, -0.25) is 0 Å². The van der Waals surface area contributed by atoms with Crippen molar-refractivity contribution in [3.05, 3.63) is 35.4 Å². The molecule has 0 N–H and O–H groups in total. The highest BCUT2D eigenvalue weighted by Crippen LogP contribution is 2.16. The van der Waals surface area contributed by atoms with E-state index in [-0.39, 0.29) is 5.57 Å². The van der Waals surface area contributed by atoms with Gasteiger partial charge in [0.15, 0.2) is 0 Å². The highest BCUT2D eigenvalue weighted by molar-refractivity contribution is 5.62. The Morgan fingerprint density at radius 3 is 2.68 bits per heavy atom. The van der Waals surface area contributed by atoms with Crippen molar-refractivity contribution in [2.24, 2.45) is 0 Å². The molecule has 0 aliphatic heterocycles. The Labute approximate surface area is 114 Å². The molecular weight excluding hydrogens is 238 g/mol. The highest BCUT2D eigenvalue weighted by atomic mass is 16.5. The lowest BCUT2D eigenvalue weighted by atomic mass is 10.1.